The molecule has 90 valence electrons. The molecule has 0 bridgehead atoms. The van der Waals surface area contributed by atoms with Crippen molar-refractivity contribution in [3.05, 3.63) is 0 Å². The third kappa shape index (κ3) is 1.65. The highest BCUT2D eigenvalue weighted by atomic mass is 16.2. The van der Waals surface area contributed by atoms with Gasteiger partial charge in [0, 0.05) is 12.5 Å². The Morgan fingerprint density at radius 1 is 1.38 bits per heavy atom. The maximum absolute atomic E-state index is 12.4. The molecule has 2 aliphatic heterocycles. The van der Waals surface area contributed by atoms with Crippen molar-refractivity contribution in [3.63, 3.8) is 0 Å². The monoisotopic (exact) mass is 224 g/mol. The van der Waals surface area contributed by atoms with Gasteiger partial charge in [-0.05, 0) is 39.3 Å². The number of nitrogens with zero attached hydrogens (tertiary/aromatic N) is 1. The van der Waals surface area contributed by atoms with Crippen LogP contribution in [0.5, 0.6) is 0 Å². The van der Waals surface area contributed by atoms with Crippen LogP contribution in [0.4, 0.5) is 0 Å². The summed E-state index contributed by atoms with van der Waals surface area (Å²) in [4.78, 5) is 25.8. The summed E-state index contributed by atoms with van der Waals surface area (Å²) >= 11 is 0. The third-order valence-corrected chi connectivity index (χ3v) is 4.02. The largest absolute Gasteiger partial charge is 0.317 e. The van der Waals surface area contributed by atoms with Crippen LogP contribution in [0.2, 0.25) is 0 Å². The smallest absolute Gasteiger partial charge is 0.236 e. The molecule has 2 saturated heterocycles. The van der Waals surface area contributed by atoms with E-state index in [4.69, 9.17) is 0 Å². The van der Waals surface area contributed by atoms with Gasteiger partial charge >= 0.3 is 0 Å². The van der Waals surface area contributed by atoms with E-state index in [1.165, 1.54) is 4.90 Å². The lowest BCUT2D eigenvalue weighted by atomic mass is 9.77. The molecule has 0 aromatic carbocycles. The first kappa shape index (κ1) is 11.6. The Morgan fingerprint density at radius 3 is 2.56 bits per heavy atom. The highest BCUT2D eigenvalue weighted by Crippen LogP contribution is 2.41. The van der Waals surface area contributed by atoms with E-state index < -0.39 is 0 Å². The van der Waals surface area contributed by atoms with Crippen molar-refractivity contribution in [1.82, 2.24) is 10.2 Å². The molecule has 1 N–H and O–H groups in total. The van der Waals surface area contributed by atoms with Gasteiger partial charge in [-0.2, -0.15) is 0 Å². The van der Waals surface area contributed by atoms with Crippen LogP contribution in [-0.2, 0) is 9.59 Å². The van der Waals surface area contributed by atoms with E-state index in [9.17, 15) is 9.59 Å². The molecule has 16 heavy (non-hydrogen) atoms. The Hall–Kier alpha value is -0.900. The first-order chi connectivity index (χ1) is 7.60. The Morgan fingerprint density at radius 2 is 2.00 bits per heavy atom. The van der Waals surface area contributed by atoms with Crippen LogP contribution < -0.4 is 5.32 Å². The standard InChI is InChI=1S/C12H20N2O2/c1-3-9(2)14-10(15)8-12(11(14)16)4-6-13-7-5-12/h9,13H,3-8H2,1-2H3. The van der Waals surface area contributed by atoms with Crippen LogP contribution >= 0.6 is 0 Å². The van der Waals surface area contributed by atoms with Crippen molar-refractivity contribution in [2.75, 3.05) is 13.1 Å². The molecule has 2 rings (SSSR count). The molecule has 1 spiro atoms. The molecule has 2 heterocycles. The molecule has 2 aliphatic rings. The van der Waals surface area contributed by atoms with E-state index in [0.29, 0.717) is 6.42 Å². The molecule has 1 unspecified atom stereocenters. The summed E-state index contributed by atoms with van der Waals surface area (Å²) in [7, 11) is 0. The van der Waals surface area contributed by atoms with Crippen LogP contribution in [0, 0.1) is 5.41 Å². The SMILES string of the molecule is CCC(C)N1C(=O)CC2(CCNCC2)C1=O. The van der Waals surface area contributed by atoms with Gasteiger partial charge in [0.2, 0.25) is 11.8 Å². The molecule has 2 amide bonds. The highest BCUT2D eigenvalue weighted by molar-refractivity contribution is 6.06. The van der Waals surface area contributed by atoms with Crippen LogP contribution in [-0.4, -0.2) is 35.8 Å². The van der Waals surface area contributed by atoms with Crippen LogP contribution in [0.25, 0.3) is 0 Å². The zero-order valence-corrected chi connectivity index (χ0v) is 10.1. The van der Waals surface area contributed by atoms with Gasteiger partial charge in [-0.25, -0.2) is 0 Å². The number of nitrogens with one attached hydrogen (secondary N) is 1. The fraction of sp³-hybridized carbons (Fsp3) is 0.833. The number of carbonyl (C=O) groups excluding carboxylic acids is 2. The number of amides is 2. The van der Waals surface area contributed by atoms with Gasteiger partial charge in [-0.15, -0.1) is 0 Å². The molecule has 0 radical (unpaired) electrons. The van der Waals surface area contributed by atoms with E-state index in [-0.39, 0.29) is 23.3 Å². The summed E-state index contributed by atoms with van der Waals surface area (Å²) in [5.74, 6) is 0.106. The Balaban J connectivity index is 2.20. The van der Waals surface area contributed by atoms with Crippen molar-refractivity contribution < 1.29 is 9.59 Å². The quantitative estimate of drug-likeness (QED) is 0.709. The third-order valence-electron chi connectivity index (χ3n) is 4.02. The number of likely N-dealkylation sites (tertiary alicyclic amines) is 1. The summed E-state index contributed by atoms with van der Waals surface area (Å²) in [5.41, 5.74) is -0.369. The molecule has 0 aliphatic carbocycles. The second-order valence-electron chi connectivity index (χ2n) is 5.03. The van der Waals surface area contributed by atoms with Crippen LogP contribution in [0.3, 0.4) is 0 Å². The lowest BCUT2D eigenvalue weighted by Crippen LogP contribution is -2.45. The second kappa shape index (κ2) is 4.17. The zero-order valence-electron chi connectivity index (χ0n) is 10.1. The maximum Gasteiger partial charge on any atom is 0.236 e. The second-order valence-corrected chi connectivity index (χ2v) is 5.03. The number of hydrogen-bond acceptors (Lipinski definition) is 3. The summed E-state index contributed by atoms with van der Waals surface area (Å²) in [6.45, 7) is 5.68. The molecule has 0 aromatic heterocycles. The molecular weight excluding hydrogens is 204 g/mol. The summed E-state index contributed by atoms with van der Waals surface area (Å²) in [5, 5.41) is 3.25. The fourth-order valence-corrected chi connectivity index (χ4v) is 2.74. The average molecular weight is 224 g/mol. The summed E-state index contributed by atoms with van der Waals surface area (Å²) < 4.78 is 0. The van der Waals surface area contributed by atoms with Crippen molar-refractivity contribution >= 4 is 11.8 Å². The molecule has 4 heteroatoms. The highest BCUT2D eigenvalue weighted by Gasteiger charge is 2.52. The van der Waals surface area contributed by atoms with Gasteiger partial charge in [0.05, 0.1) is 5.41 Å². The Labute approximate surface area is 96.4 Å². The first-order valence-electron chi connectivity index (χ1n) is 6.18. The zero-order chi connectivity index (χ0) is 11.8. The molecule has 1 atom stereocenters. The van der Waals surface area contributed by atoms with Gasteiger partial charge in [-0.3, -0.25) is 14.5 Å². The van der Waals surface area contributed by atoms with E-state index in [2.05, 4.69) is 5.32 Å². The van der Waals surface area contributed by atoms with Crippen LogP contribution in [0.1, 0.15) is 39.5 Å². The minimum absolute atomic E-state index is 0.0289. The summed E-state index contributed by atoms with van der Waals surface area (Å²) in [6.07, 6.45) is 2.89. The molecule has 0 saturated carbocycles. The maximum atomic E-state index is 12.4. The average Bonchev–Trinajstić information content (AvgIpc) is 2.51. The molecule has 4 nitrogen and oxygen atoms in total. The lowest BCUT2D eigenvalue weighted by Gasteiger charge is -2.32. The minimum atomic E-state index is -0.369. The van der Waals surface area contributed by atoms with E-state index >= 15 is 0 Å². The lowest BCUT2D eigenvalue weighted by molar-refractivity contribution is -0.144. The number of carbonyl (C=O) groups is 2. The molecular formula is C12H20N2O2. The number of piperidine rings is 1. The van der Waals surface area contributed by atoms with Crippen molar-refractivity contribution in [2.45, 2.75) is 45.6 Å². The predicted octanol–water partition coefficient (Wildman–Crippen LogP) is 0.914. The number of imide groups is 1. The normalized spacial score (nSPS) is 26.5. The Bertz CT molecular complexity index is 308. The summed E-state index contributed by atoms with van der Waals surface area (Å²) in [6, 6.07) is 0.0502. The minimum Gasteiger partial charge on any atom is -0.317 e. The van der Waals surface area contributed by atoms with Gasteiger partial charge in [-0.1, -0.05) is 6.92 Å². The van der Waals surface area contributed by atoms with Gasteiger partial charge in [0.15, 0.2) is 0 Å². The van der Waals surface area contributed by atoms with E-state index in [1.807, 2.05) is 13.8 Å². The molecule has 0 aromatic rings. The predicted molar refractivity (Wildman–Crippen MR) is 60.8 cm³/mol. The van der Waals surface area contributed by atoms with Gasteiger partial charge < -0.3 is 5.32 Å². The Kier molecular flexibility index (Phi) is 3.02. The van der Waals surface area contributed by atoms with Crippen molar-refractivity contribution in [2.24, 2.45) is 5.41 Å². The molecule has 2 fully saturated rings. The first-order valence-corrected chi connectivity index (χ1v) is 6.18. The topological polar surface area (TPSA) is 49.4 Å². The number of hydrogen-bond donors (Lipinski definition) is 1. The fourth-order valence-electron chi connectivity index (χ4n) is 2.74. The van der Waals surface area contributed by atoms with Crippen LogP contribution in [0.15, 0.2) is 0 Å². The van der Waals surface area contributed by atoms with Crippen molar-refractivity contribution in [3.8, 4) is 0 Å². The van der Waals surface area contributed by atoms with Gasteiger partial charge in [0.25, 0.3) is 0 Å². The number of rotatable bonds is 2. The van der Waals surface area contributed by atoms with E-state index in [0.717, 1.165) is 32.4 Å². The van der Waals surface area contributed by atoms with Gasteiger partial charge in [0.1, 0.15) is 0 Å². The van der Waals surface area contributed by atoms with Crippen molar-refractivity contribution in [1.29, 1.82) is 0 Å². The van der Waals surface area contributed by atoms with E-state index in [1.54, 1.807) is 0 Å².